The molecule has 20 heavy (non-hydrogen) atoms. The van der Waals surface area contributed by atoms with Crippen molar-refractivity contribution < 1.29 is 14.3 Å². The Balaban J connectivity index is 2.13. The molecule has 1 aromatic carbocycles. The normalized spacial score (nSPS) is 9.90. The SMILES string of the molecule is CCNC(=O)NCCOC(=O)CCc1cccc(Cl)c1. The first-order valence-electron chi connectivity index (χ1n) is 6.53. The van der Waals surface area contributed by atoms with E-state index in [1.54, 1.807) is 6.07 Å². The van der Waals surface area contributed by atoms with E-state index in [-0.39, 0.29) is 18.6 Å². The molecule has 0 aliphatic carbocycles. The second-order valence-electron chi connectivity index (χ2n) is 4.14. The van der Waals surface area contributed by atoms with Crippen LogP contribution in [0.2, 0.25) is 5.02 Å². The summed E-state index contributed by atoms with van der Waals surface area (Å²) in [4.78, 5) is 22.5. The van der Waals surface area contributed by atoms with Crippen LogP contribution in [0.15, 0.2) is 24.3 Å². The van der Waals surface area contributed by atoms with Gasteiger partial charge in [-0.25, -0.2) is 4.79 Å². The van der Waals surface area contributed by atoms with E-state index >= 15 is 0 Å². The smallest absolute Gasteiger partial charge is 0.314 e. The Morgan fingerprint density at radius 3 is 2.80 bits per heavy atom. The van der Waals surface area contributed by atoms with E-state index in [0.717, 1.165) is 5.56 Å². The first-order valence-corrected chi connectivity index (χ1v) is 6.91. The lowest BCUT2D eigenvalue weighted by Gasteiger charge is -2.07. The zero-order valence-electron chi connectivity index (χ0n) is 11.4. The summed E-state index contributed by atoms with van der Waals surface area (Å²) in [5.74, 6) is -0.289. The molecular formula is C14H19ClN2O3. The number of hydrogen-bond donors (Lipinski definition) is 2. The summed E-state index contributed by atoms with van der Waals surface area (Å²) >= 11 is 5.86. The molecule has 1 rings (SSSR count). The van der Waals surface area contributed by atoms with Crippen LogP contribution in [0, 0.1) is 0 Å². The second kappa shape index (κ2) is 9.20. The van der Waals surface area contributed by atoms with E-state index in [0.29, 0.717) is 31.0 Å². The summed E-state index contributed by atoms with van der Waals surface area (Å²) in [5.41, 5.74) is 0.995. The molecular weight excluding hydrogens is 280 g/mol. The van der Waals surface area contributed by atoms with Crippen molar-refractivity contribution in [1.29, 1.82) is 0 Å². The van der Waals surface area contributed by atoms with Crippen LogP contribution in [-0.2, 0) is 16.0 Å². The predicted molar refractivity (Wildman–Crippen MR) is 77.8 cm³/mol. The third kappa shape index (κ3) is 6.99. The van der Waals surface area contributed by atoms with E-state index < -0.39 is 0 Å². The van der Waals surface area contributed by atoms with Gasteiger partial charge in [0.1, 0.15) is 6.61 Å². The summed E-state index contributed by atoms with van der Waals surface area (Å²) in [5, 5.41) is 5.81. The third-order valence-electron chi connectivity index (χ3n) is 2.49. The van der Waals surface area contributed by atoms with Gasteiger partial charge in [0, 0.05) is 18.0 Å². The Hall–Kier alpha value is -1.75. The molecule has 0 fully saturated rings. The molecule has 0 saturated heterocycles. The standard InChI is InChI=1S/C14H19ClN2O3/c1-2-16-14(19)17-8-9-20-13(18)7-6-11-4-3-5-12(15)10-11/h3-5,10H,2,6-9H2,1H3,(H2,16,17,19). The van der Waals surface area contributed by atoms with Gasteiger partial charge in [-0.3, -0.25) is 4.79 Å². The number of rotatable bonds is 7. The summed E-state index contributed by atoms with van der Waals surface area (Å²) in [6.07, 6.45) is 0.880. The minimum atomic E-state index is -0.289. The van der Waals surface area contributed by atoms with E-state index in [1.165, 1.54) is 0 Å². The molecule has 110 valence electrons. The fourth-order valence-corrected chi connectivity index (χ4v) is 1.78. The highest BCUT2D eigenvalue weighted by molar-refractivity contribution is 6.30. The van der Waals surface area contributed by atoms with Crippen LogP contribution in [0.5, 0.6) is 0 Å². The molecule has 0 aliphatic rings. The van der Waals surface area contributed by atoms with Crippen LogP contribution in [0.1, 0.15) is 18.9 Å². The number of ether oxygens (including phenoxy) is 1. The zero-order chi connectivity index (χ0) is 14.8. The molecule has 0 saturated carbocycles. The van der Waals surface area contributed by atoms with Crippen LogP contribution in [0.3, 0.4) is 0 Å². The molecule has 0 aromatic heterocycles. The molecule has 0 radical (unpaired) electrons. The van der Waals surface area contributed by atoms with Crippen LogP contribution in [-0.4, -0.2) is 31.7 Å². The molecule has 2 amide bonds. The lowest BCUT2D eigenvalue weighted by Crippen LogP contribution is -2.37. The van der Waals surface area contributed by atoms with Crippen molar-refractivity contribution in [3.05, 3.63) is 34.9 Å². The molecule has 0 atom stereocenters. The molecule has 5 nitrogen and oxygen atoms in total. The van der Waals surface area contributed by atoms with Crippen molar-refractivity contribution >= 4 is 23.6 Å². The van der Waals surface area contributed by atoms with Crippen LogP contribution in [0.25, 0.3) is 0 Å². The monoisotopic (exact) mass is 298 g/mol. The molecule has 0 bridgehead atoms. The number of nitrogens with one attached hydrogen (secondary N) is 2. The summed E-state index contributed by atoms with van der Waals surface area (Å²) < 4.78 is 5.01. The average molecular weight is 299 g/mol. The lowest BCUT2D eigenvalue weighted by atomic mass is 10.1. The maximum Gasteiger partial charge on any atom is 0.314 e. The average Bonchev–Trinajstić information content (AvgIpc) is 2.42. The molecule has 0 aliphatic heterocycles. The van der Waals surface area contributed by atoms with Gasteiger partial charge in [0.25, 0.3) is 0 Å². The second-order valence-corrected chi connectivity index (χ2v) is 4.57. The fraction of sp³-hybridized carbons (Fsp3) is 0.429. The molecule has 1 aromatic rings. The van der Waals surface area contributed by atoms with E-state index in [9.17, 15) is 9.59 Å². The van der Waals surface area contributed by atoms with Gasteiger partial charge in [-0.15, -0.1) is 0 Å². The number of halogens is 1. The molecule has 0 spiro atoms. The number of urea groups is 1. The number of aryl methyl sites for hydroxylation is 1. The zero-order valence-corrected chi connectivity index (χ0v) is 12.2. The fourth-order valence-electron chi connectivity index (χ4n) is 1.56. The highest BCUT2D eigenvalue weighted by Gasteiger charge is 2.04. The Bertz CT molecular complexity index is 452. The first-order chi connectivity index (χ1) is 9.61. The van der Waals surface area contributed by atoms with Crippen LogP contribution in [0.4, 0.5) is 4.79 Å². The summed E-state index contributed by atoms with van der Waals surface area (Å²) in [6.45, 7) is 2.86. The quantitative estimate of drug-likeness (QED) is 0.598. The maximum absolute atomic E-state index is 11.5. The predicted octanol–water partition coefficient (Wildman–Crippen LogP) is 2.13. The van der Waals surface area contributed by atoms with Crippen molar-refractivity contribution in [3.8, 4) is 0 Å². The summed E-state index contributed by atoms with van der Waals surface area (Å²) in [6, 6.07) is 7.11. The number of hydrogen-bond acceptors (Lipinski definition) is 3. The van der Waals surface area contributed by atoms with Gasteiger partial charge in [-0.1, -0.05) is 23.7 Å². The number of carbonyl (C=O) groups is 2. The highest BCUT2D eigenvalue weighted by atomic mass is 35.5. The van der Waals surface area contributed by atoms with Crippen molar-refractivity contribution in [2.75, 3.05) is 19.7 Å². The van der Waals surface area contributed by atoms with Gasteiger partial charge < -0.3 is 15.4 Å². The first kappa shape index (κ1) is 16.3. The number of carbonyl (C=O) groups excluding carboxylic acids is 2. The Labute approximate surface area is 123 Å². The number of esters is 1. The lowest BCUT2D eigenvalue weighted by molar-refractivity contribution is -0.143. The van der Waals surface area contributed by atoms with E-state index in [4.69, 9.17) is 16.3 Å². The Morgan fingerprint density at radius 1 is 1.30 bits per heavy atom. The number of benzene rings is 1. The van der Waals surface area contributed by atoms with E-state index in [1.807, 2.05) is 25.1 Å². The minimum Gasteiger partial charge on any atom is -0.464 e. The van der Waals surface area contributed by atoms with Gasteiger partial charge >= 0.3 is 12.0 Å². The Morgan fingerprint density at radius 2 is 2.10 bits per heavy atom. The van der Waals surface area contributed by atoms with Crippen LogP contribution >= 0.6 is 11.6 Å². The third-order valence-corrected chi connectivity index (χ3v) is 2.73. The molecule has 0 heterocycles. The van der Waals surface area contributed by atoms with Crippen molar-refractivity contribution in [2.24, 2.45) is 0 Å². The highest BCUT2D eigenvalue weighted by Crippen LogP contribution is 2.12. The van der Waals surface area contributed by atoms with E-state index in [2.05, 4.69) is 10.6 Å². The largest absolute Gasteiger partial charge is 0.464 e. The van der Waals surface area contributed by atoms with Crippen molar-refractivity contribution in [3.63, 3.8) is 0 Å². The molecule has 2 N–H and O–H groups in total. The van der Waals surface area contributed by atoms with Gasteiger partial charge in [-0.05, 0) is 31.0 Å². The van der Waals surface area contributed by atoms with Crippen molar-refractivity contribution in [2.45, 2.75) is 19.8 Å². The maximum atomic E-state index is 11.5. The van der Waals surface area contributed by atoms with Gasteiger partial charge in [0.05, 0.1) is 6.54 Å². The number of amides is 2. The van der Waals surface area contributed by atoms with Gasteiger partial charge in [-0.2, -0.15) is 0 Å². The van der Waals surface area contributed by atoms with Crippen LogP contribution < -0.4 is 10.6 Å². The molecule has 6 heteroatoms. The minimum absolute atomic E-state index is 0.172. The Kier molecular flexibility index (Phi) is 7.50. The van der Waals surface area contributed by atoms with Gasteiger partial charge in [0.2, 0.25) is 0 Å². The topological polar surface area (TPSA) is 67.4 Å². The molecule has 0 unspecified atom stereocenters. The summed E-state index contributed by atoms with van der Waals surface area (Å²) in [7, 11) is 0. The van der Waals surface area contributed by atoms with Crippen molar-refractivity contribution in [1.82, 2.24) is 10.6 Å². The van der Waals surface area contributed by atoms with Gasteiger partial charge in [0.15, 0.2) is 0 Å².